The van der Waals surface area contributed by atoms with Gasteiger partial charge in [-0.1, -0.05) is 30.3 Å². The van der Waals surface area contributed by atoms with Crippen LogP contribution in [0.1, 0.15) is 41.4 Å². The molecule has 0 unspecified atom stereocenters. The normalized spacial score (nSPS) is 18.3. The van der Waals surface area contributed by atoms with Crippen molar-refractivity contribution in [1.82, 2.24) is 29.4 Å². The van der Waals surface area contributed by atoms with Crippen molar-refractivity contribution in [3.63, 3.8) is 0 Å². The van der Waals surface area contributed by atoms with E-state index in [0.29, 0.717) is 5.92 Å². The maximum atomic E-state index is 4.47. The van der Waals surface area contributed by atoms with Crippen LogP contribution in [0, 0.1) is 6.92 Å². The molecule has 6 heteroatoms. The first-order chi connectivity index (χ1) is 12.7. The van der Waals surface area contributed by atoms with Crippen molar-refractivity contribution in [3.8, 4) is 0 Å². The number of hydrogen-bond acceptors (Lipinski definition) is 4. The summed E-state index contributed by atoms with van der Waals surface area (Å²) in [5, 5.41) is 13.1. The molecule has 26 heavy (non-hydrogen) atoms. The molecule has 1 aliphatic heterocycles. The van der Waals surface area contributed by atoms with Crippen LogP contribution in [-0.4, -0.2) is 42.5 Å². The smallest absolute Gasteiger partial charge is 0.137 e. The lowest BCUT2D eigenvalue weighted by atomic mass is 9.96. The second-order valence-electron chi connectivity index (χ2n) is 7.29. The molecule has 6 nitrogen and oxygen atoms in total. The van der Waals surface area contributed by atoms with Crippen LogP contribution < -0.4 is 0 Å². The van der Waals surface area contributed by atoms with Crippen molar-refractivity contribution in [1.29, 1.82) is 0 Å². The summed E-state index contributed by atoms with van der Waals surface area (Å²) < 4.78 is 4.11. The predicted molar refractivity (Wildman–Crippen MR) is 101 cm³/mol. The first-order valence-corrected chi connectivity index (χ1v) is 9.32. The minimum Gasteiger partial charge on any atom is -0.313 e. The Morgan fingerprint density at radius 2 is 2.00 bits per heavy atom. The van der Waals surface area contributed by atoms with Gasteiger partial charge in [0.25, 0.3) is 0 Å². The third-order valence-electron chi connectivity index (χ3n) is 5.22. The number of piperidine rings is 1. The lowest BCUT2D eigenvalue weighted by Gasteiger charge is -2.32. The van der Waals surface area contributed by atoms with Gasteiger partial charge in [-0.25, -0.2) is 0 Å². The van der Waals surface area contributed by atoms with Gasteiger partial charge in [-0.3, -0.25) is 9.58 Å². The molecule has 4 rings (SSSR count). The van der Waals surface area contributed by atoms with E-state index in [1.54, 1.807) is 0 Å². The minimum absolute atomic E-state index is 0.437. The Balaban J connectivity index is 1.46. The summed E-state index contributed by atoms with van der Waals surface area (Å²) in [6, 6.07) is 10.5. The highest BCUT2D eigenvalue weighted by Gasteiger charge is 2.26. The van der Waals surface area contributed by atoms with Crippen molar-refractivity contribution < 1.29 is 0 Å². The second-order valence-corrected chi connectivity index (χ2v) is 7.29. The van der Waals surface area contributed by atoms with E-state index in [4.69, 9.17) is 0 Å². The first-order valence-electron chi connectivity index (χ1n) is 9.32. The summed E-state index contributed by atoms with van der Waals surface area (Å²) in [7, 11) is 1.99. The highest BCUT2D eigenvalue weighted by atomic mass is 15.3. The molecule has 1 saturated heterocycles. The molecule has 0 saturated carbocycles. The lowest BCUT2D eigenvalue weighted by Crippen LogP contribution is -2.35. The molecule has 2 aromatic heterocycles. The number of aryl methyl sites for hydroxylation is 2. The van der Waals surface area contributed by atoms with Crippen LogP contribution in [0.25, 0.3) is 0 Å². The van der Waals surface area contributed by atoms with Gasteiger partial charge in [0.15, 0.2) is 0 Å². The average Bonchev–Trinajstić information content (AvgIpc) is 3.22. The number of hydrogen-bond donors (Lipinski definition) is 0. The first kappa shape index (κ1) is 17.0. The zero-order chi connectivity index (χ0) is 17.9. The van der Waals surface area contributed by atoms with E-state index in [-0.39, 0.29) is 0 Å². The standard InChI is InChI=1S/C20H26N6/c1-16-19(12-24(2)23-16)14-25-10-6-9-18(13-25)20-22-21-15-26(20)11-17-7-4-3-5-8-17/h3-5,7-8,12,15,18H,6,9-11,13-14H2,1-2H3/t18-/m0/s1. The van der Waals surface area contributed by atoms with E-state index in [0.717, 1.165) is 37.7 Å². The van der Waals surface area contributed by atoms with Gasteiger partial charge in [-0.15, -0.1) is 10.2 Å². The number of benzene rings is 1. The van der Waals surface area contributed by atoms with Gasteiger partial charge in [0.2, 0.25) is 0 Å². The van der Waals surface area contributed by atoms with E-state index < -0.39 is 0 Å². The van der Waals surface area contributed by atoms with Crippen LogP contribution in [0.5, 0.6) is 0 Å². The van der Waals surface area contributed by atoms with E-state index in [9.17, 15) is 0 Å². The number of aromatic nitrogens is 5. The molecule has 3 aromatic rings. The zero-order valence-corrected chi connectivity index (χ0v) is 15.5. The summed E-state index contributed by atoms with van der Waals surface area (Å²) >= 11 is 0. The highest BCUT2D eigenvalue weighted by molar-refractivity contribution is 5.17. The van der Waals surface area contributed by atoms with Crippen LogP contribution in [0.3, 0.4) is 0 Å². The van der Waals surface area contributed by atoms with Crippen LogP contribution in [-0.2, 0) is 20.1 Å². The highest BCUT2D eigenvalue weighted by Crippen LogP contribution is 2.27. The quantitative estimate of drug-likeness (QED) is 0.710. The Bertz CT molecular complexity index is 850. The van der Waals surface area contributed by atoms with Crippen molar-refractivity contribution in [3.05, 3.63) is 65.5 Å². The largest absolute Gasteiger partial charge is 0.313 e. The summed E-state index contributed by atoms with van der Waals surface area (Å²) in [4.78, 5) is 2.53. The molecule has 0 aliphatic carbocycles. The van der Waals surface area contributed by atoms with E-state index in [2.05, 4.69) is 68.2 Å². The molecule has 0 spiro atoms. The van der Waals surface area contributed by atoms with Gasteiger partial charge in [-0.2, -0.15) is 5.10 Å². The maximum absolute atomic E-state index is 4.47. The van der Waals surface area contributed by atoms with E-state index in [1.807, 2.05) is 18.1 Å². The van der Waals surface area contributed by atoms with Crippen LogP contribution >= 0.6 is 0 Å². The number of nitrogens with zero attached hydrogens (tertiary/aromatic N) is 6. The fraction of sp³-hybridized carbons (Fsp3) is 0.450. The van der Waals surface area contributed by atoms with Crippen molar-refractivity contribution in [2.75, 3.05) is 13.1 Å². The molecule has 0 radical (unpaired) electrons. The van der Waals surface area contributed by atoms with Gasteiger partial charge in [0.1, 0.15) is 12.2 Å². The van der Waals surface area contributed by atoms with Crippen molar-refractivity contribution in [2.45, 2.75) is 38.8 Å². The molecule has 1 atom stereocenters. The summed E-state index contributed by atoms with van der Waals surface area (Å²) in [5.74, 6) is 1.55. The second kappa shape index (κ2) is 7.41. The number of likely N-dealkylation sites (tertiary alicyclic amines) is 1. The molecule has 3 heterocycles. The molecule has 0 amide bonds. The molecule has 1 aliphatic rings. The molecule has 1 aromatic carbocycles. The number of rotatable bonds is 5. The Kier molecular flexibility index (Phi) is 4.84. The maximum Gasteiger partial charge on any atom is 0.137 e. The monoisotopic (exact) mass is 350 g/mol. The molecule has 0 N–H and O–H groups in total. The van der Waals surface area contributed by atoms with Crippen LogP contribution in [0.15, 0.2) is 42.9 Å². The molecular formula is C20H26N6. The van der Waals surface area contributed by atoms with Crippen molar-refractivity contribution in [2.24, 2.45) is 7.05 Å². The van der Waals surface area contributed by atoms with Gasteiger partial charge < -0.3 is 4.57 Å². The Morgan fingerprint density at radius 1 is 1.15 bits per heavy atom. The fourth-order valence-corrected chi connectivity index (χ4v) is 3.94. The molecule has 1 fully saturated rings. The van der Waals surface area contributed by atoms with Gasteiger partial charge >= 0.3 is 0 Å². The zero-order valence-electron chi connectivity index (χ0n) is 15.5. The van der Waals surface area contributed by atoms with Crippen LogP contribution in [0.4, 0.5) is 0 Å². The topological polar surface area (TPSA) is 51.8 Å². The molecule has 0 bridgehead atoms. The summed E-state index contributed by atoms with van der Waals surface area (Å²) in [6.07, 6.45) is 6.38. The Labute approximate surface area is 154 Å². The minimum atomic E-state index is 0.437. The molecular weight excluding hydrogens is 324 g/mol. The van der Waals surface area contributed by atoms with E-state index >= 15 is 0 Å². The third kappa shape index (κ3) is 3.70. The van der Waals surface area contributed by atoms with Gasteiger partial charge in [0.05, 0.1) is 12.2 Å². The van der Waals surface area contributed by atoms with Gasteiger partial charge in [0, 0.05) is 37.8 Å². The fourth-order valence-electron chi connectivity index (χ4n) is 3.94. The summed E-state index contributed by atoms with van der Waals surface area (Å²) in [5.41, 5.74) is 3.73. The van der Waals surface area contributed by atoms with Gasteiger partial charge in [-0.05, 0) is 31.9 Å². The lowest BCUT2D eigenvalue weighted by molar-refractivity contribution is 0.194. The Morgan fingerprint density at radius 3 is 2.77 bits per heavy atom. The van der Waals surface area contributed by atoms with Crippen molar-refractivity contribution >= 4 is 0 Å². The SMILES string of the molecule is Cc1nn(C)cc1CN1CCC[C@H](c2nncn2Cc2ccccc2)C1. The third-order valence-corrected chi connectivity index (χ3v) is 5.22. The predicted octanol–water partition coefficient (Wildman–Crippen LogP) is 2.75. The van der Waals surface area contributed by atoms with Crippen LogP contribution in [0.2, 0.25) is 0 Å². The summed E-state index contributed by atoms with van der Waals surface area (Å²) in [6.45, 7) is 6.05. The molecule has 136 valence electrons. The van der Waals surface area contributed by atoms with E-state index in [1.165, 1.54) is 24.0 Å². The average molecular weight is 350 g/mol. The Hall–Kier alpha value is -2.47.